The van der Waals surface area contributed by atoms with Gasteiger partial charge in [-0.3, -0.25) is 9.63 Å². The summed E-state index contributed by atoms with van der Waals surface area (Å²) in [5, 5.41) is 1.80. The summed E-state index contributed by atoms with van der Waals surface area (Å²) in [6.07, 6.45) is 2.20. The highest BCUT2D eigenvalue weighted by Crippen LogP contribution is 2.20. The first-order valence-electron chi connectivity index (χ1n) is 5.62. The monoisotopic (exact) mass is 290 g/mol. The molecule has 0 aromatic carbocycles. The summed E-state index contributed by atoms with van der Waals surface area (Å²) in [6.45, 7) is 4.66. The largest absolute Gasteiger partial charge is 0.280 e. The molecule has 0 fully saturated rings. The van der Waals surface area contributed by atoms with Gasteiger partial charge in [0.1, 0.15) is 5.15 Å². The third-order valence-corrected chi connectivity index (χ3v) is 2.93. The first kappa shape index (κ1) is 15.2. The van der Waals surface area contributed by atoms with Crippen LogP contribution in [0.5, 0.6) is 0 Å². The number of hydrogen-bond acceptors (Lipinski definition) is 3. The number of rotatable bonds is 5. The molecule has 1 aromatic rings. The van der Waals surface area contributed by atoms with Crippen molar-refractivity contribution in [3.63, 3.8) is 0 Å². The second kappa shape index (κ2) is 6.92. The van der Waals surface area contributed by atoms with Gasteiger partial charge in [0.05, 0.1) is 17.7 Å². The average molecular weight is 291 g/mol. The minimum atomic E-state index is -0.313. The van der Waals surface area contributed by atoms with Crippen molar-refractivity contribution in [3.05, 3.63) is 28.0 Å². The van der Waals surface area contributed by atoms with Crippen molar-refractivity contribution in [2.24, 2.45) is 5.92 Å². The van der Waals surface area contributed by atoms with Gasteiger partial charge in [0, 0.05) is 12.7 Å². The number of carbonyl (C=O) groups is 1. The topological polar surface area (TPSA) is 42.4 Å². The minimum absolute atomic E-state index is 0.252. The van der Waals surface area contributed by atoms with E-state index in [2.05, 4.69) is 18.8 Å². The molecule has 0 spiro atoms. The number of halogens is 2. The van der Waals surface area contributed by atoms with E-state index in [1.165, 1.54) is 24.4 Å². The number of nitrogens with zero attached hydrogens (tertiary/aromatic N) is 2. The van der Waals surface area contributed by atoms with Gasteiger partial charge in [-0.25, -0.2) is 10.0 Å². The summed E-state index contributed by atoms with van der Waals surface area (Å²) in [6, 6.07) is 1.44. The van der Waals surface area contributed by atoms with Gasteiger partial charge >= 0.3 is 0 Å². The maximum absolute atomic E-state index is 12.2. The van der Waals surface area contributed by atoms with Gasteiger partial charge in [0.2, 0.25) is 0 Å². The van der Waals surface area contributed by atoms with Crippen molar-refractivity contribution in [3.8, 4) is 0 Å². The van der Waals surface area contributed by atoms with Crippen molar-refractivity contribution in [2.75, 3.05) is 13.7 Å². The summed E-state index contributed by atoms with van der Waals surface area (Å²) >= 11 is 11.6. The van der Waals surface area contributed by atoms with Crippen LogP contribution in [0.4, 0.5) is 0 Å². The van der Waals surface area contributed by atoms with E-state index in [-0.39, 0.29) is 21.6 Å². The molecule has 1 aromatic heterocycles. The molecule has 0 aliphatic heterocycles. The normalized spacial score (nSPS) is 10.8. The van der Waals surface area contributed by atoms with Crippen molar-refractivity contribution in [1.29, 1.82) is 0 Å². The summed E-state index contributed by atoms with van der Waals surface area (Å²) in [7, 11) is 1.45. The Morgan fingerprint density at radius 3 is 2.67 bits per heavy atom. The molecule has 0 bridgehead atoms. The zero-order valence-electron chi connectivity index (χ0n) is 10.6. The molecule has 1 amide bonds. The highest BCUT2D eigenvalue weighted by Gasteiger charge is 2.19. The molecular formula is C12H16Cl2N2O2. The fraction of sp³-hybridized carbons (Fsp3) is 0.500. The second-order valence-electron chi connectivity index (χ2n) is 4.26. The van der Waals surface area contributed by atoms with Crippen LogP contribution in [0.15, 0.2) is 12.3 Å². The first-order valence-corrected chi connectivity index (χ1v) is 6.38. The number of hydrogen-bond donors (Lipinski definition) is 0. The second-order valence-corrected chi connectivity index (χ2v) is 5.05. The van der Waals surface area contributed by atoms with Gasteiger partial charge in [-0.1, -0.05) is 37.0 Å². The molecule has 0 radical (unpaired) electrons. The third kappa shape index (κ3) is 4.12. The van der Waals surface area contributed by atoms with E-state index in [1.54, 1.807) is 0 Å². The quantitative estimate of drug-likeness (QED) is 0.616. The molecule has 18 heavy (non-hydrogen) atoms. The molecule has 100 valence electrons. The van der Waals surface area contributed by atoms with Crippen LogP contribution in [0, 0.1) is 5.92 Å². The molecule has 4 nitrogen and oxygen atoms in total. The number of aromatic nitrogens is 1. The number of hydroxylamine groups is 2. The van der Waals surface area contributed by atoms with Gasteiger partial charge in [0.25, 0.3) is 5.91 Å². The molecule has 1 rings (SSSR count). The van der Waals surface area contributed by atoms with Crippen molar-refractivity contribution >= 4 is 29.1 Å². The molecule has 0 aliphatic rings. The number of pyridine rings is 1. The summed E-state index contributed by atoms with van der Waals surface area (Å²) in [4.78, 5) is 21.1. The first-order chi connectivity index (χ1) is 8.45. The Morgan fingerprint density at radius 1 is 1.50 bits per heavy atom. The zero-order valence-corrected chi connectivity index (χ0v) is 12.1. The lowest BCUT2D eigenvalue weighted by atomic mass is 10.1. The van der Waals surface area contributed by atoms with Gasteiger partial charge in [-0.15, -0.1) is 0 Å². The number of amides is 1. The SMILES string of the molecule is CON(CCC(C)C)C(=O)c1cnc(Cl)cc1Cl. The van der Waals surface area contributed by atoms with Crippen molar-refractivity contribution in [2.45, 2.75) is 20.3 Å². The summed E-state index contributed by atoms with van der Waals surface area (Å²) < 4.78 is 0. The van der Waals surface area contributed by atoms with E-state index in [4.69, 9.17) is 28.0 Å². The van der Waals surface area contributed by atoms with Gasteiger partial charge in [0.15, 0.2) is 0 Å². The average Bonchev–Trinajstić information content (AvgIpc) is 2.29. The molecule has 0 atom stereocenters. The minimum Gasteiger partial charge on any atom is -0.274 e. The van der Waals surface area contributed by atoms with Crippen LogP contribution in [-0.2, 0) is 4.84 Å². The third-order valence-electron chi connectivity index (χ3n) is 2.41. The van der Waals surface area contributed by atoms with Crippen LogP contribution in [0.25, 0.3) is 0 Å². The van der Waals surface area contributed by atoms with Crippen molar-refractivity contribution < 1.29 is 9.63 Å². The maximum atomic E-state index is 12.2. The predicted octanol–water partition coefficient (Wildman–Crippen LogP) is 3.44. The smallest absolute Gasteiger partial charge is 0.274 e. The standard InChI is InChI=1S/C12H16Cl2N2O2/c1-8(2)4-5-16(18-3)12(17)9-7-15-11(14)6-10(9)13/h6-8H,4-5H2,1-3H3. The molecule has 0 aliphatic carbocycles. The van der Waals surface area contributed by atoms with Crippen LogP contribution in [0.3, 0.4) is 0 Å². The van der Waals surface area contributed by atoms with E-state index in [0.717, 1.165) is 6.42 Å². The Labute approximate surface area is 117 Å². The lowest BCUT2D eigenvalue weighted by Crippen LogP contribution is -2.31. The molecule has 0 unspecified atom stereocenters. The Morgan fingerprint density at radius 2 is 2.17 bits per heavy atom. The zero-order chi connectivity index (χ0) is 13.7. The molecular weight excluding hydrogens is 275 g/mol. The summed E-state index contributed by atoms with van der Waals surface area (Å²) in [5.74, 6) is 0.168. The van der Waals surface area contributed by atoms with E-state index in [9.17, 15) is 4.79 Å². The van der Waals surface area contributed by atoms with Crippen molar-refractivity contribution in [1.82, 2.24) is 10.0 Å². The highest BCUT2D eigenvalue weighted by molar-refractivity contribution is 6.36. The van der Waals surface area contributed by atoms with E-state index >= 15 is 0 Å². The lowest BCUT2D eigenvalue weighted by Gasteiger charge is -2.20. The molecule has 0 saturated heterocycles. The lowest BCUT2D eigenvalue weighted by molar-refractivity contribution is -0.0968. The van der Waals surface area contributed by atoms with E-state index in [0.29, 0.717) is 12.5 Å². The van der Waals surface area contributed by atoms with Gasteiger partial charge < -0.3 is 0 Å². The molecule has 1 heterocycles. The van der Waals surface area contributed by atoms with Crippen LogP contribution in [0.1, 0.15) is 30.6 Å². The fourth-order valence-corrected chi connectivity index (χ4v) is 1.80. The van der Waals surface area contributed by atoms with Gasteiger partial charge in [-0.2, -0.15) is 0 Å². The fourth-order valence-electron chi connectivity index (χ4n) is 1.35. The highest BCUT2D eigenvalue weighted by atomic mass is 35.5. The van der Waals surface area contributed by atoms with Crippen LogP contribution < -0.4 is 0 Å². The molecule has 0 saturated carbocycles. The van der Waals surface area contributed by atoms with Crippen LogP contribution in [0.2, 0.25) is 10.2 Å². The molecule has 0 N–H and O–H groups in total. The Balaban J connectivity index is 2.83. The van der Waals surface area contributed by atoms with Crippen LogP contribution in [-0.4, -0.2) is 29.6 Å². The Hall–Kier alpha value is -0.840. The Kier molecular flexibility index (Phi) is 5.85. The molecule has 6 heteroatoms. The van der Waals surface area contributed by atoms with E-state index in [1.807, 2.05) is 0 Å². The van der Waals surface area contributed by atoms with Crippen LogP contribution >= 0.6 is 23.2 Å². The Bertz CT molecular complexity index is 425. The number of carbonyl (C=O) groups excluding carboxylic acids is 1. The van der Waals surface area contributed by atoms with Gasteiger partial charge in [-0.05, 0) is 18.4 Å². The predicted molar refractivity (Wildman–Crippen MR) is 71.8 cm³/mol. The van der Waals surface area contributed by atoms with E-state index < -0.39 is 0 Å². The maximum Gasteiger partial charge on any atom is 0.280 e. The summed E-state index contributed by atoms with van der Waals surface area (Å²) in [5.41, 5.74) is 0.284.